The molecule has 0 saturated carbocycles. The number of aromatic hydroxyl groups is 1. The SMILES string of the molecule is CC(O)Oc1ccc(N)cc1N.Nc1ccc(O)c(N)c1. The molecule has 0 saturated heterocycles. The molecule has 0 spiro atoms. The maximum absolute atomic E-state index is 8.89. The summed E-state index contributed by atoms with van der Waals surface area (Å²) in [5, 5.41) is 17.8. The van der Waals surface area contributed by atoms with Crippen molar-refractivity contribution in [1.82, 2.24) is 0 Å². The number of anilines is 4. The number of nitrogen functional groups attached to an aromatic ring is 4. The summed E-state index contributed by atoms with van der Waals surface area (Å²) in [6.07, 6.45) is -0.865. The lowest BCUT2D eigenvalue weighted by molar-refractivity contribution is 0.000282. The number of rotatable bonds is 2. The fourth-order valence-electron chi connectivity index (χ4n) is 1.43. The van der Waals surface area contributed by atoms with Gasteiger partial charge in [-0.15, -0.1) is 0 Å². The summed E-state index contributed by atoms with van der Waals surface area (Å²) < 4.78 is 4.97. The summed E-state index contributed by atoms with van der Waals surface area (Å²) >= 11 is 0. The molecule has 21 heavy (non-hydrogen) atoms. The Morgan fingerprint density at radius 1 is 0.905 bits per heavy atom. The first-order valence-electron chi connectivity index (χ1n) is 6.13. The third-order valence-electron chi connectivity index (χ3n) is 2.38. The van der Waals surface area contributed by atoms with Crippen molar-refractivity contribution in [2.24, 2.45) is 0 Å². The van der Waals surface area contributed by atoms with E-state index in [9.17, 15) is 0 Å². The van der Waals surface area contributed by atoms with Gasteiger partial charge in [-0.3, -0.25) is 0 Å². The van der Waals surface area contributed by atoms with Gasteiger partial charge < -0.3 is 37.9 Å². The number of phenols is 1. The molecule has 7 nitrogen and oxygen atoms in total. The van der Waals surface area contributed by atoms with Crippen LogP contribution in [0, 0.1) is 0 Å². The summed E-state index contributed by atoms with van der Waals surface area (Å²) in [5.74, 6) is 0.517. The first kappa shape index (κ1) is 16.3. The van der Waals surface area contributed by atoms with Crippen LogP contribution >= 0.6 is 0 Å². The maximum atomic E-state index is 8.89. The molecule has 2 aromatic rings. The molecule has 0 fully saturated rings. The highest BCUT2D eigenvalue weighted by molar-refractivity contribution is 5.60. The molecular weight excluding hydrogens is 272 g/mol. The van der Waals surface area contributed by atoms with Crippen molar-refractivity contribution in [3.63, 3.8) is 0 Å². The van der Waals surface area contributed by atoms with Crippen LogP contribution in [0.4, 0.5) is 22.7 Å². The molecule has 2 rings (SSSR count). The van der Waals surface area contributed by atoms with E-state index in [1.165, 1.54) is 19.1 Å². The summed E-state index contributed by atoms with van der Waals surface area (Å²) in [7, 11) is 0. The van der Waals surface area contributed by atoms with Crippen molar-refractivity contribution in [3.05, 3.63) is 36.4 Å². The van der Waals surface area contributed by atoms with E-state index in [0.29, 0.717) is 28.5 Å². The van der Waals surface area contributed by atoms with Crippen molar-refractivity contribution in [2.75, 3.05) is 22.9 Å². The molecule has 1 atom stereocenters. The fraction of sp³-hybridized carbons (Fsp3) is 0.143. The number of hydrogen-bond acceptors (Lipinski definition) is 7. The zero-order valence-electron chi connectivity index (χ0n) is 11.7. The van der Waals surface area contributed by atoms with Gasteiger partial charge in [0.05, 0.1) is 11.4 Å². The zero-order chi connectivity index (χ0) is 16.0. The minimum absolute atomic E-state index is 0.0733. The predicted molar refractivity (Wildman–Crippen MR) is 84.5 cm³/mol. The Bertz CT molecular complexity index is 603. The van der Waals surface area contributed by atoms with E-state index in [4.69, 9.17) is 37.9 Å². The van der Waals surface area contributed by atoms with Gasteiger partial charge in [-0.05, 0) is 43.3 Å². The van der Waals surface area contributed by atoms with E-state index in [-0.39, 0.29) is 5.75 Å². The van der Waals surface area contributed by atoms with Crippen molar-refractivity contribution in [1.29, 1.82) is 0 Å². The first-order valence-corrected chi connectivity index (χ1v) is 6.13. The van der Waals surface area contributed by atoms with Crippen molar-refractivity contribution < 1.29 is 14.9 Å². The topological polar surface area (TPSA) is 154 Å². The third-order valence-corrected chi connectivity index (χ3v) is 2.38. The quantitative estimate of drug-likeness (QED) is 0.210. The van der Waals surface area contributed by atoms with Gasteiger partial charge >= 0.3 is 0 Å². The van der Waals surface area contributed by atoms with Crippen LogP contribution in [0.25, 0.3) is 0 Å². The van der Waals surface area contributed by atoms with Gasteiger partial charge in [-0.25, -0.2) is 0 Å². The number of ether oxygens (including phenoxy) is 1. The summed E-state index contributed by atoms with van der Waals surface area (Å²) in [6.45, 7) is 1.51. The number of aliphatic hydroxyl groups excluding tert-OH is 1. The highest BCUT2D eigenvalue weighted by atomic mass is 16.6. The number of aliphatic hydroxyl groups is 1. The Morgan fingerprint density at radius 3 is 1.86 bits per heavy atom. The molecule has 0 radical (unpaired) electrons. The van der Waals surface area contributed by atoms with Crippen molar-refractivity contribution >= 4 is 22.7 Å². The second kappa shape index (κ2) is 7.11. The Kier molecular flexibility index (Phi) is 5.50. The van der Waals surface area contributed by atoms with Crippen molar-refractivity contribution in [3.8, 4) is 11.5 Å². The lowest BCUT2D eigenvalue weighted by Gasteiger charge is -2.10. The molecule has 0 aliphatic carbocycles. The summed E-state index contributed by atoms with van der Waals surface area (Å²) in [4.78, 5) is 0. The number of phenolic OH excluding ortho intramolecular Hbond substituents is 1. The number of nitrogens with two attached hydrogens (primary N) is 4. The van der Waals surface area contributed by atoms with Crippen LogP contribution < -0.4 is 27.7 Å². The van der Waals surface area contributed by atoms with E-state index in [1.807, 2.05) is 0 Å². The van der Waals surface area contributed by atoms with E-state index in [2.05, 4.69) is 0 Å². The zero-order valence-corrected chi connectivity index (χ0v) is 11.7. The standard InChI is InChI=1S/C8H12N2O2.C6H8N2O/c1-5(11)12-8-3-2-6(9)4-7(8)10;7-4-1-2-6(9)5(8)3-4/h2-5,11H,9-10H2,1H3;1-3,9H,7-8H2. The van der Waals surface area contributed by atoms with Gasteiger partial charge in [-0.2, -0.15) is 0 Å². The lowest BCUT2D eigenvalue weighted by Crippen LogP contribution is -2.10. The molecule has 0 bridgehead atoms. The lowest BCUT2D eigenvalue weighted by atomic mass is 10.2. The Morgan fingerprint density at radius 2 is 1.43 bits per heavy atom. The van der Waals surface area contributed by atoms with Crippen molar-refractivity contribution in [2.45, 2.75) is 13.2 Å². The summed E-state index contributed by atoms with van der Waals surface area (Å²) in [5.41, 5.74) is 23.5. The van der Waals surface area contributed by atoms with Gasteiger partial charge in [0.1, 0.15) is 11.5 Å². The second-order valence-electron chi connectivity index (χ2n) is 4.33. The Hall–Kier alpha value is -2.80. The van der Waals surface area contributed by atoms with Crippen LogP contribution in [0.2, 0.25) is 0 Å². The minimum atomic E-state index is -0.865. The van der Waals surface area contributed by atoms with Gasteiger partial charge in [-0.1, -0.05) is 0 Å². The molecular formula is C14H20N4O3. The van der Waals surface area contributed by atoms with Gasteiger partial charge in [0.2, 0.25) is 0 Å². The number of benzene rings is 2. The normalized spacial score (nSPS) is 11.1. The first-order chi connectivity index (χ1) is 9.79. The number of hydrogen-bond donors (Lipinski definition) is 6. The molecule has 114 valence electrons. The van der Waals surface area contributed by atoms with Crippen LogP contribution in [-0.4, -0.2) is 16.5 Å². The molecule has 7 heteroatoms. The van der Waals surface area contributed by atoms with Crippen LogP contribution in [0.5, 0.6) is 11.5 Å². The molecule has 0 amide bonds. The largest absolute Gasteiger partial charge is 0.506 e. The maximum Gasteiger partial charge on any atom is 0.194 e. The van der Waals surface area contributed by atoms with Gasteiger partial charge in [0, 0.05) is 11.4 Å². The van der Waals surface area contributed by atoms with E-state index in [0.717, 1.165) is 0 Å². The van der Waals surface area contributed by atoms with Crippen LogP contribution in [0.15, 0.2) is 36.4 Å². The van der Waals surface area contributed by atoms with Gasteiger partial charge in [0.15, 0.2) is 6.29 Å². The highest BCUT2D eigenvalue weighted by Crippen LogP contribution is 2.24. The summed E-state index contributed by atoms with van der Waals surface area (Å²) in [6, 6.07) is 9.43. The van der Waals surface area contributed by atoms with E-state index >= 15 is 0 Å². The Balaban J connectivity index is 0.000000219. The predicted octanol–water partition coefficient (Wildman–Crippen LogP) is 1.12. The van der Waals surface area contributed by atoms with Crippen LogP contribution in [0.3, 0.4) is 0 Å². The average molecular weight is 292 g/mol. The Labute approximate surface area is 122 Å². The van der Waals surface area contributed by atoms with E-state index < -0.39 is 6.29 Å². The molecule has 10 N–H and O–H groups in total. The molecule has 0 aromatic heterocycles. The molecule has 0 aliphatic heterocycles. The van der Waals surface area contributed by atoms with Crippen LogP contribution in [-0.2, 0) is 0 Å². The molecule has 0 aliphatic rings. The van der Waals surface area contributed by atoms with E-state index in [1.54, 1.807) is 24.3 Å². The minimum Gasteiger partial charge on any atom is -0.506 e. The monoisotopic (exact) mass is 292 g/mol. The second-order valence-corrected chi connectivity index (χ2v) is 4.33. The molecule has 2 aromatic carbocycles. The fourth-order valence-corrected chi connectivity index (χ4v) is 1.43. The molecule has 0 heterocycles. The third kappa shape index (κ3) is 5.37. The smallest absolute Gasteiger partial charge is 0.194 e. The van der Waals surface area contributed by atoms with Crippen LogP contribution in [0.1, 0.15) is 6.92 Å². The molecule has 1 unspecified atom stereocenters. The average Bonchev–Trinajstić information content (AvgIpc) is 2.38. The van der Waals surface area contributed by atoms with Gasteiger partial charge in [0.25, 0.3) is 0 Å². The highest BCUT2D eigenvalue weighted by Gasteiger charge is 2.02.